The molecular formula is C14H21Cl2NO. The molecule has 0 saturated heterocycles. The maximum Gasteiger partial charge on any atom is 0.119 e. The summed E-state index contributed by atoms with van der Waals surface area (Å²) in [5, 5.41) is 0. The molecule has 0 aliphatic carbocycles. The number of ether oxygens (including phenoxy) is 1. The molecule has 1 aromatic rings. The van der Waals surface area contributed by atoms with Crippen molar-refractivity contribution in [2.24, 2.45) is 0 Å². The molecule has 0 fully saturated rings. The van der Waals surface area contributed by atoms with E-state index < -0.39 is 0 Å². The van der Waals surface area contributed by atoms with Gasteiger partial charge in [0.25, 0.3) is 0 Å². The summed E-state index contributed by atoms with van der Waals surface area (Å²) >= 11 is 11.6. The first kappa shape index (κ1) is 15.5. The fourth-order valence-corrected chi connectivity index (χ4v) is 2.07. The number of anilines is 1. The average Bonchev–Trinajstić information content (AvgIpc) is 2.40. The highest BCUT2D eigenvalue weighted by Crippen LogP contribution is 2.19. The third kappa shape index (κ3) is 5.36. The second-order valence-electron chi connectivity index (χ2n) is 4.06. The molecule has 0 atom stereocenters. The van der Waals surface area contributed by atoms with Crippen LogP contribution in [0.1, 0.15) is 19.8 Å². The van der Waals surface area contributed by atoms with Gasteiger partial charge in [-0.3, -0.25) is 0 Å². The minimum Gasteiger partial charge on any atom is -0.494 e. The van der Waals surface area contributed by atoms with Crippen molar-refractivity contribution >= 4 is 28.9 Å². The molecule has 102 valence electrons. The van der Waals surface area contributed by atoms with Crippen molar-refractivity contribution in [1.82, 2.24) is 0 Å². The molecule has 0 N–H and O–H groups in total. The second kappa shape index (κ2) is 9.35. The van der Waals surface area contributed by atoms with Crippen molar-refractivity contribution in [3.63, 3.8) is 0 Å². The number of unbranched alkanes of at least 4 members (excludes halogenated alkanes) is 1. The zero-order chi connectivity index (χ0) is 13.2. The predicted molar refractivity (Wildman–Crippen MR) is 80.5 cm³/mol. The van der Waals surface area contributed by atoms with Gasteiger partial charge in [0.1, 0.15) is 5.75 Å². The Balaban J connectivity index is 2.56. The van der Waals surface area contributed by atoms with E-state index in [4.69, 9.17) is 27.9 Å². The van der Waals surface area contributed by atoms with Crippen LogP contribution in [0.3, 0.4) is 0 Å². The van der Waals surface area contributed by atoms with Gasteiger partial charge in [0, 0.05) is 30.5 Å². The van der Waals surface area contributed by atoms with Gasteiger partial charge in [-0.2, -0.15) is 0 Å². The molecule has 0 aliphatic heterocycles. The Hall–Kier alpha value is -0.600. The van der Waals surface area contributed by atoms with Crippen LogP contribution in [0.2, 0.25) is 0 Å². The van der Waals surface area contributed by atoms with E-state index >= 15 is 0 Å². The molecule has 4 heteroatoms. The number of hydrogen-bond donors (Lipinski definition) is 0. The van der Waals surface area contributed by atoms with Crippen molar-refractivity contribution in [3.8, 4) is 5.75 Å². The number of alkyl halides is 2. The lowest BCUT2D eigenvalue weighted by molar-refractivity contribution is 0.309. The lowest BCUT2D eigenvalue weighted by atomic mass is 10.2. The molecule has 0 heterocycles. The van der Waals surface area contributed by atoms with Crippen LogP contribution < -0.4 is 9.64 Å². The van der Waals surface area contributed by atoms with Crippen LogP contribution in [0, 0.1) is 0 Å². The van der Waals surface area contributed by atoms with E-state index in [2.05, 4.69) is 24.0 Å². The Labute approximate surface area is 120 Å². The number of nitrogens with zero attached hydrogens (tertiary/aromatic N) is 1. The van der Waals surface area contributed by atoms with Gasteiger partial charge < -0.3 is 9.64 Å². The molecule has 1 rings (SSSR count). The van der Waals surface area contributed by atoms with Crippen molar-refractivity contribution < 1.29 is 4.74 Å². The topological polar surface area (TPSA) is 12.5 Å². The first-order valence-corrected chi connectivity index (χ1v) is 7.48. The molecule has 2 nitrogen and oxygen atoms in total. The molecule has 18 heavy (non-hydrogen) atoms. The van der Waals surface area contributed by atoms with E-state index in [1.165, 1.54) is 0 Å². The van der Waals surface area contributed by atoms with Crippen LogP contribution in [-0.2, 0) is 0 Å². The zero-order valence-electron chi connectivity index (χ0n) is 10.9. The Morgan fingerprint density at radius 2 is 1.67 bits per heavy atom. The van der Waals surface area contributed by atoms with Gasteiger partial charge in [0.2, 0.25) is 0 Å². The Bertz CT molecular complexity index is 310. The summed E-state index contributed by atoms with van der Waals surface area (Å²) in [5.74, 6) is 2.13. The quantitative estimate of drug-likeness (QED) is 0.500. The number of halogens is 2. The summed E-state index contributed by atoms with van der Waals surface area (Å²) in [7, 11) is 0. The smallest absolute Gasteiger partial charge is 0.119 e. The standard InChI is InChI=1S/C14H21Cl2NO/c1-2-3-12-18-14-6-4-13(5-7-14)17(10-8-15)11-9-16/h4-7H,2-3,8-12H2,1H3. The lowest BCUT2D eigenvalue weighted by Gasteiger charge is -2.23. The van der Waals surface area contributed by atoms with Gasteiger partial charge in [-0.1, -0.05) is 13.3 Å². The summed E-state index contributed by atoms with van der Waals surface area (Å²) in [6.45, 7) is 4.56. The van der Waals surface area contributed by atoms with Gasteiger partial charge in [-0.05, 0) is 30.7 Å². The van der Waals surface area contributed by atoms with Gasteiger partial charge in [-0.25, -0.2) is 0 Å². The third-order valence-corrected chi connectivity index (χ3v) is 3.02. The largest absolute Gasteiger partial charge is 0.494 e. The molecule has 0 spiro atoms. The lowest BCUT2D eigenvalue weighted by Crippen LogP contribution is -2.27. The Morgan fingerprint density at radius 1 is 1.06 bits per heavy atom. The number of rotatable bonds is 9. The summed E-state index contributed by atoms with van der Waals surface area (Å²) in [6.07, 6.45) is 2.24. The summed E-state index contributed by atoms with van der Waals surface area (Å²) < 4.78 is 5.63. The van der Waals surface area contributed by atoms with Crippen molar-refractivity contribution in [3.05, 3.63) is 24.3 Å². The summed E-state index contributed by atoms with van der Waals surface area (Å²) in [5.41, 5.74) is 1.14. The van der Waals surface area contributed by atoms with Crippen molar-refractivity contribution in [1.29, 1.82) is 0 Å². The van der Waals surface area contributed by atoms with Gasteiger partial charge >= 0.3 is 0 Å². The predicted octanol–water partition coefficient (Wildman–Crippen LogP) is 4.15. The highest BCUT2D eigenvalue weighted by atomic mass is 35.5. The average molecular weight is 290 g/mol. The van der Waals surface area contributed by atoms with E-state index in [9.17, 15) is 0 Å². The summed E-state index contributed by atoms with van der Waals surface area (Å²) in [6, 6.07) is 8.11. The van der Waals surface area contributed by atoms with E-state index in [0.717, 1.165) is 44.0 Å². The van der Waals surface area contributed by atoms with Crippen LogP contribution >= 0.6 is 23.2 Å². The molecule has 0 amide bonds. The molecule has 0 aromatic heterocycles. The fraction of sp³-hybridized carbons (Fsp3) is 0.571. The highest BCUT2D eigenvalue weighted by Gasteiger charge is 2.05. The normalized spacial score (nSPS) is 10.4. The Kier molecular flexibility index (Phi) is 8.03. The monoisotopic (exact) mass is 289 g/mol. The SMILES string of the molecule is CCCCOc1ccc(N(CCCl)CCCl)cc1. The van der Waals surface area contributed by atoms with Crippen LogP contribution in [0.25, 0.3) is 0 Å². The Morgan fingerprint density at radius 3 is 2.17 bits per heavy atom. The number of benzene rings is 1. The van der Waals surface area contributed by atoms with Gasteiger partial charge in [0.15, 0.2) is 0 Å². The van der Waals surface area contributed by atoms with E-state index in [-0.39, 0.29) is 0 Å². The van der Waals surface area contributed by atoms with E-state index in [0.29, 0.717) is 11.8 Å². The minimum atomic E-state index is 0.603. The highest BCUT2D eigenvalue weighted by molar-refractivity contribution is 6.18. The van der Waals surface area contributed by atoms with Gasteiger partial charge in [-0.15, -0.1) is 23.2 Å². The third-order valence-electron chi connectivity index (χ3n) is 2.68. The van der Waals surface area contributed by atoms with Crippen LogP contribution in [-0.4, -0.2) is 31.5 Å². The van der Waals surface area contributed by atoms with Crippen LogP contribution in [0.15, 0.2) is 24.3 Å². The molecule has 0 aliphatic rings. The maximum atomic E-state index is 5.79. The molecule has 0 radical (unpaired) electrons. The number of hydrogen-bond acceptors (Lipinski definition) is 2. The fourth-order valence-electron chi connectivity index (χ4n) is 1.66. The molecular weight excluding hydrogens is 269 g/mol. The first-order chi connectivity index (χ1) is 8.81. The summed E-state index contributed by atoms with van der Waals surface area (Å²) in [4.78, 5) is 2.18. The van der Waals surface area contributed by atoms with Crippen molar-refractivity contribution in [2.75, 3.05) is 36.4 Å². The van der Waals surface area contributed by atoms with E-state index in [1.807, 2.05) is 12.1 Å². The van der Waals surface area contributed by atoms with Crippen LogP contribution in [0.5, 0.6) is 5.75 Å². The zero-order valence-corrected chi connectivity index (χ0v) is 12.4. The molecule has 1 aromatic carbocycles. The van der Waals surface area contributed by atoms with Gasteiger partial charge in [0.05, 0.1) is 6.61 Å². The maximum absolute atomic E-state index is 5.79. The second-order valence-corrected chi connectivity index (χ2v) is 4.82. The van der Waals surface area contributed by atoms with E-state index in [1.54, 1.807) is 0 Å². The molecule has 0 bridgehead atoms. The first-order valence-electron chi connectivity index (χ1n) is 6.41. The van der Waals surface area contributed by atoms with Crippen LogP contribution in [0.4, 0.5) is 5.69 Å². The minimum absolute atomic E-state index is 0.603. The van der Waals surface area contributed by atoms with Crippen molar-refractivity contribution in [2.45, 2.75) is 19.8 Å². The molecule has 0 unspecified atom stereocenters. The molecule has 0 saturated carbocycles.